The Kier molecular flexibility index (Phi) is 5.79. The lowest BCUT2D eigenvalue weighted by Crippen LogP contribution is -2.39. The summed E-state index contributed by atoms with van der Waals surface area (Å²) >= 11 is 0. The van der Waals surface area contributed by atoms with Crippen molar-refractivity contribution in [3.05, 3.63) is 71.6 Å². The second kappa shape index (κ2) is 9.02. The molecule has 2 aromatic heterocycles. The average molecular weight is 429 g/mol. The van der Waals surface area contributed by atoms with Gasteiger partial charge in [-0.25, -0.2) is 15.0 Å². The van der Waals surface area contributed by atoms with Gasteiger partial charge in [0.2, 0.25) is 5.91 Å². The van der Waals surface area contributed by atoms with Gasteiger partial charge < -0.3 is 4.90 Å². The Morgan fingerprint density at radius 3 is 2.59 bits per heavy atom. The minimum Gasteiger partial charge on any atom is -0.355 e. The topological polar surface area (TPSA) is 75.1 Å². The van der Waals surface area contributed by atoms with Gasteiger partial charge >= 0.3 is 0 Å². The number of hydrogen-bond donors (Lipinski definition) is 0. The van der Waals surface area contributed by atoms with Crippen molar-refractivity contribution < 1.29 is 4.79 Å². The van der Waals surface area contributed by atoms with E-state index < -0.39 is 0 Å². The molecule has 7 nitrogen and oxygen atoms in total. The van der Waals surface area contributed by atoms with Crippen LogP contribution in [0.15, 0.2) is 48.9 Å². The van der Waals surface area contributed by atoms with Gasteiger partial charge in [-0.2, -0.15) is 0 Å². The fourth-order valence-corrected chi connectivity index (χ4v) is 4.72. The average Bonchev–Trinajstić information content (AvgIpc) is 2.84. The molecule has 2 aliphatic rings. The first kappa shape index (κ1) is 20.5. The zero-order valence-electron chi connectivity index (χ0n) is 18.4. The van der Waals surface area contributed by atoms with Gasteiger partial charge in [-0.15, -0.1) is 0 Å². The third-order valence-electron chi connectivity index (χ3n) is 6.56. The molecule has 1 saturated heterocycles. The number of fused-ring (bicyclic) bond motifs is 1. The Balaban J connectivity index is 1.35. The maximum Gasteiger partial charge on any atom is 0.228 e. The van der Waals surface area contributed by atoms with Gasteiger partial charge in [0.05, 0.1) is 6.20 Å². The Morgan fingerprint density at radius 1 is 1.03 bits per heavy atom. The van der Waals surface area contributed by atoms with Crippen molar-refractivity contribution in [3.63, 3.8) is 0 Å². The summed E-state index contributed by atoms with van der Waals surface area (Å²) in [6, 6.07) is 10.3. The second-order valence-corrected chi connectivity index (χ2v) is 8.58. The van der Waals surface area contributed by atoms with E-state index in [-0.39, 0.29) is 5.91 Å². The van der Waals surface area contributed by atoms with Crippen LogP contribution in [0.3, 0.4) is 0 Å². The number of piperidine rings is 1. The van der Waals surface area contributed by atoms with Crippen LogP contribution in [0.25, 0.3) is 0 Å². The summed E-state index contributed by atoms with van der Waals surface area (Å²) < 4.78 is 0. The summed E-state index contributed by atoms with van der Waals surface area (Å²) in [4.78, 5) is 35.5. The van der Waals surface area contributed by atoms with E-state index in [1.165, 1.54) is 5.56 Å². The molecule has 0 unspecified atom stereocenters. The molecule has 3 aromatic rings. The van der Waals surface area contributed by atoms with Crippen molar-refractivity contribution in [1.82, 2.24) is 19.9 Å². The molecule has 0 saturated carbocycles. The number of anilines is 2. The van der Waals surface area contributed by atoms with E-state index in [9.17, 15) is 4.79 Å². The summed E-state index contributed by atoms with van der Waals surface area (Å²) in [6.07, 6.45) is 9.26. The van der Waals surface area contributed by atoms with E-state index >= 15 is 0 Å². The Bertz CT molecular complexity index is 1080. The largest absolute Gasteiger partial charge is 0.355 e. The highest BCUT2D eigenvalue weighted by molar-refractivity contribution is 5.95. The van der Waals surface area contributed by atoms with E-state index in [0.717, 1.165) is 67.5 Å². The molecule has 4 heterocycles. The van der Waals surface area contributed by atoms with Crippen LogP contribution in [0, 0.1) is 6.92 Å². The molecule has 1 aromatic carbocycles. The van der Waals surface area contributed by atoms with Crippen molar-refractivity contribution in [2.75, 3.05) is 29.4 Å². The predicted molar refractivity (Wildman–Crippen MR) is 124 cm³/mol. The van der Waals surface area contributed by atoms with E-state index in [4.69, 9.17) is 9.97 Å². The SMILES string of the molecule is Cc1nc(C2CCN(c3cnccn3)CC2)nc2c1CCC(=O)N2CCc1ccccc1. The third-order valence-corrected chi connectivity index (χ3v) is 6.56. The lowest BCUT2D eigenvalue weighted by atomic mass is 9.95. The number of benzene rings is 1. The van der Waals surface area contributed by atoms with Crippen molar-refractivity contribution in [1.29, 1.82) is 0 Å². The number of rotatable bonds is 5. The van der Waals surface area contributed by atoms with E-state index in [1.54, 1.807) is 12.4 Å². The Morgan fingerprint density at radius 2 is 1.84 bits per heavy atom. The summed E-state index contributed by atoms with van der Waals surface area (Å²) in [6.45, 7) is 4.51. The van der Waals surface area contributed by atoms with Crippen LogP contribution < -0.4 is 9.80 Å². The van der Waals surface area contributed by atoms with Gasteiger partial charge in [0.25, 0.3) is 0 Å². The van der Waals surface area contributed by atoms with Crippen LogP contribution >= 0.6 is 0 Å². The van der Waals surface area contributed by atoms with Gasteiger partial charge in [-0.05, 0) is 38.2 Å². The van der Waals surface area contributed by atoms with Gasteiger partial charge in [0.1, 0.15) is 17.5 Å². The van der Waals surface area contributed by atoms with Crippen LogP contribution in [0.2, 0.25) is 0 Å². The molecule has 0 bridgehead atoms. The van der Waals surface area contributed by atoms with Crippen molar-refractivity contribution in [3.8, 4) is 0 Å². The molecule has 1 fully saturated rings. The number of aryl methyl sites for hydroxylation is 1. The Labute approximate surface area is 188 Å². The molecule has 5 rings (SSSR count). The van der Waals surface area contributed by atoms with Crippen LogP contribution in [0.4, 0.5) is 11.6 Å². The molecule has 7 heteroatoms. The quantitative estimate of drug-likeness (QED) is 0.619. The fourth-order valence-electron chi connectivity index (χ4n) is 4.72. The molecular formula is C25H28N6O. The standard InChI is InChI=1S/C25H28N6O/c1-18-21-7-8-23(32)31(16-9-19-5-3-2-4-6-19)25(21)29-24(28-18)20-10-14-30(15-11-20)22-17-26-12-13-27-22/h2-6,12-13,17,20H,7-11,14-16H2,1H3. The molecule has 1 amide bonds. The number of aromatic nitrogens is 4. The van der Waals surface area contributed by atoms with Crippen LogP contribution in [-0.2, 0) is 17.6 Å². The predicted octanol–water partition coefficient (Wildman–Crippen LogP) is 3.48. The summed E-state index contributed by atoms with van der Waals surface area (Å²) in [5.41, 5.74) is 3.37. The van der Waals surface area contributed by atoms with E-state index in [2.05, 4.69) is 33.9 Å². The minimum atomic E-state index is 0.162. The first-order valence-corrected chi connectivity index (χ1v) is 11.4. The van der Waals surface area contributed by atoms with Gasteiger partial charge in [0.15, 0.2) is 0 Å². The highest BCUT2D eigenvalue weighted by Gasteiger charge is 2.30. The zero-order valence-corrected chi connectivity index (χ0v) is 18.4. The molecule has 0 atom stereocenters. The first-order valence-electron chi connectivity index (χ1n) is 11.4. The molecular weight excluding hydrogens is 400 g/mol. The fraction of sp³-hybridized carbons (Fsp3) is 0.400. The monoisotopic (exact) mass is 428 g/mol. The lowest BCUT2D eigenvalue weighted by Gasteiger charge is -2.33. The zero-order chi connectivity index (χ0) is 21.9. The highest BCUT2D eigenvalue weighted by Crippen LogP contribution is 2.33. The number of amides is 1. The van der Waals surface area contributed by atoms with Gasteiger partial charge in [-0.3, -0.25) is 14.7 Å². The van der Waals surface area contributed by atoms with E-state index in [0.29, 0.717) is 18.9 Å². The van der Waals surface area contributed by atoms with Crippen molar-refractivity contribution >= 4 is 17.5 Å². The third kappa shape index (κ3) is 4.20. The smallest absolute Gasteiger partial charge is 0.228 e. The number of hydrogen-bond acceptors (Lipinski definition) is 6. The number of nitrogens with zero attached hydrogens (tertiary/aromatic N) is 6. The maximum absolute atomic E-state index is 12.8. The van der Waals surface area contributed by atoms with Gasteiger partial charge in [-0.1, -0.05) is 30.3 Å². The second-order valence-electron chi connectivity index (χ2n) is 8.58. The normalized spacial score (nSPS) is 16.8. The Hall–Kier alpha value is -3.35. The van der Waals surface area contributed by atoms with Gasteiger partial charge in [0, 0.05) is 55.6 Å². The number of carbonyl (C=O) groups excluding carboxylic acids is 1. The maximum atomic E-state index is 12.8. The summed E-state index contributed by atoms with van der Waals surface area (Å²) in [5, 5.41) is 0. The molecule has 164 valence electrons. The van der Waals surface area contributed by atoms with Crippen molar-refractivity contribution in [2.45, 2.75) is 44.9 Å². The molecule has 0 spiro atoms. The molecule has 0 N–H and O–H groups in total. The lowest BCUT2D eigenvalue weighted by molar-refractivity contribution is -0.118. The minimum absolute atomic E-state index is 0.162. The first-order chi connectivity index (χ1) is 15.7. The van der Waals surface area contributed by atoms with Crippen LogP contribution in [-0.4, -0.2) is 45.5 Å². The van der Waals surface area contributed by atoms with Crippen LogP contribution in [0.1, 0.15) is 47.8 Å². The highest BCUT2D eigenvalue weighted by atomic mass is 16.2. The molecule has 2 aliphatic heterocycles. The summed E-state index contributed by atoms with van der Waals surface area (Å²) in [5.74, 6) is 3.08. The van der Waals surface area contributed by atoms with E-state index in [1.807, 2.05) is 29.3 Å². The summed E-state index contributed by atoms with van der Waals surface area (Å²) in [7, 11) is 0. The van der Waals surface area contributed by atoms with Crippen LogP contribution in [0.5, 0.6) is 0 Å². The molecule has 0 aliphatic carbocycles. The van der Waals surface area contributed by atoms with Crippen molar-refractivity contribution in [2.24, 2.45) is 0 Å². The number of carbonyl (C=O) groups is 1. The molecule has 32 heavy (non-hydrogen) atoms. The molecule has 0 radical (unpaired) electrons.